The van der Waals surface area contributed by atoms with Crippen LogP contribution in [0.25, 0.3) is 10.8 Å². The highest BCUT2D eigenvalue weighted by Gasteiger charge is 2.25. The zero-order valence-electron chi connectivity index (χ0n) is 12.5. The van der Waals surface area contributed by atoms with Gasteiger partial charge in [0.05, 0.1) is 13.7 Å². The van der Waals surface area contributed by atoms with E-state index in [0.29, 0.717) is 13.1 Å². The van der Waals surface area contributed by atoms with Crippen LogP contribution in [0.1, 0.15) is 12.5 Å². The van der Waals surface area contributed by atoms with Crippen molar-refractivity contribution in [1.82, 2.24) is 4.90 Å². The van der Waals surface area contributed by atoms with Gasteiger partial charge >= 0.3 is 5.97 Å². The minimum Gasteiger partial charge on any atom is -0.468 e. The van der Waals surface area contributed by atoms with Gasteiger partial charge in [0.15, 0.2) is 0 Å². The molecule has 0 fully saturated rings. The summed E-state index contributed by atoms with van der Waals surface area (Å²) in [6.07, 6.45) is 0. The lowest BCUT2D eigenvalue weighted by atomic mass is 10.0. The Hall–Kier alpha value is -1.91. The summed E-state index contributed by atoms with van der Waals surface area (Å²) in [6.45, 7) is 2.98. The number of hydrogen-bond acceptors (Lipinski definition) is 4. The van der Waals surface area contributed by atoms with Crippen LogP contribution in [-0.4, -0.2) is 42.3 Å². The highest BCUT2D eigenvalue weighted by molar-refractivity contribution is 5.85. The molecule has 2 aromatic rings. The average Bonchev–Trinajstić information content (AvgIpc) is 2.54. The summed E-state index contributed by atoms with van der Waals surface area (Å²) in [7, 11) is 1.34. The zero-order chi connectivity index (χ0) is 15.2. The summed E-state index contributed by atoms with van der Waals surface area (Å²) in [5, 5.41) is 11.8. The highest BCUT2D eigenvalue weighted by atomic mass is 16.5. The molecule has 112 valence electrons. The zero-order valence-corrected chi connectivity index (χ0v) is 12.5. The number of carbonyl (C=O) groups excluding carboxylic acids is 1. The van der Waals surface area contributed by atoms with Gasteiger partial charge < -0.3 is 9.84 Å². The first kappa shape index (κ1) is 15.5. The molecule has 2 aromatic carbocycles. The molecule has 0 amide bonds. The molecule has 0 spiro atoms. The molecule has 21 heavy (non-hydrogen) atoms. The molecular formula is C17H21NO3. The molecule has 1 N–H and O–H groups in total. The lowest BCUT2D eigenvalue weighted by molar-refractivity contribution is -0.148. The van der Waals surface area contributed by atoms with Crippen molar-refractivity contribution < 1.29 is 14.6 Å². The van der Waals surface area contributed by atoms with Gasteiger partial charge in [-0.2, -0.15) is 0 Å². The summed E-state index contributed by atoms with van der Waals surface area (Å²) >= 11 is 0. The van der Waals surface area contributed by atoms with Crippen molar-refractivity contribution in [3.63, 3.8) is 0 Å². The lowest BCUT2D eigenvalue weighted by Crippen LogP contribution is -2.43. The van der Waals surface area contributed by atoms with Crippen molar-refractivity contribution in [3.05, 3.63) is 48.0 Å². The molecule has 0 heterocycles. The molecule has 0 aliphatic carbocycles. The third-order valence-corrected chi connectivity index (χ3v) is 3.75. The van der Waals surface area contributed by atoms with Crippen LogP contribution in [0.2, 0.25) is 0 Å². The quantitative estimate of drug-likeness (QED) is 0.828. The van der Waals surface area contributed by atoms with E-state index >= 15 is 0 Å². The monoisotopic (exact) mass is 287 g/mol. The molecule has 0 saturated heterocycles. The normalized spacial score (nSPS) is 12.6. The Morgan fingerprint density at radius 2 is 1.95 bits per heavy atom. The summed E-state index contributed by atoms with van der Waals surface area (Å²) in [4.78, 5) is 13.7. The average molecular weight is 287 g/mol. The van der Waals surface area contributed by atoms with E-state index in [-0.39, 0.29) is 6.61 Å². The van der Waals surface area contributed by atoms with E-state index in [4.69, 9.17) is 4.74 Å². The smallest absolute Gasteiger partial charge is 0.325 e. The van der Waals surface area contributed by atoms with Gasteiger partial charge in [-0.25, -0.2) is 0 Å². The van der Waals surface area contributed by atoms with Crippen LogP contribution >= 0.6 is 0 Å². The van der Waals surface area contributed by atoms with Gasteiger partial charge in [0, 0.05) is 6.54 Å². The van der Waals surface area contributed by atoms with E-state index in [1.165, 1.54) is 17.9 Å². The number of fused-ring (bicyclic) bond motifs is 1. The van der Waals surface area contributed by atoms with Crippen LogP contribution in [0.3, 0.4) is 0 Å². The van der Waals surface area contributed by atoms with Crippen molar-refractivity contribution in [1.29, 1.82) is 0 Å². The number of benzene rings is 2. The standard InChI is InChI=1S/C17H21NO3/c1-3-18(16(12-19)17(20)21-2)11-14-9-6-8-13-7-4-5-10-15(13)14/h4-10,16,19H,3,11-12H2,1-2H3. The Bertz CT molecular complexity index is 607. The van der Waals surface area contributed by atoms with Crippen molar-refractivity contribution in [2.75, 3.05) is 20.3 Å². The summed E-state index contributed by atoms with van der Waals surface area (Å²) in [6, 6.07) is 13.7. The Morgan fingerprint density at radius 3 is 2.62 bits per heavy atom. The number of nitrogens with zero attached hydrogens (tertiary/aromatic N) is 1. The first-order chi connectivity index (χ1) is 10.2. The minimum absolute atomic E-state index is 0.245. The summed E-state index contributed by atoms with van der Waals surface area (Å²) < 4.78 is 4.77. The highest BCUT2D eigenvalue weighted by Crippen LogP contribution is 2.20. The lowest BCUT2D eigenvalue weighted by Gasteiger charge is -2.27. The second-order valence-electron chi connectivity index (χ2n) is 4.92. The van der Waals surface area contributed by atoms with E-state index < -0.39 is 12.0 Å². The molecule has 4 heteroatoms. The van der Waals surface area contributed by atoms with Gasteiger partial charge in [-0.15, -0.1) is 0 Å². The van der Waals surface area contributed by atoms with Crippen LogP contribution in [0.5, 0.6) is 0 Å². The Kier molecular flexibility index (Phi) is 5.31. The second kappa shape index (κ2) is 7.20. The largest absolute Gasteiger partial charge is 0.468 e. The number of likely N-dealkylation sites (N-methyl/N-ethyl adjacent to an activating group) is 1. The number of methoxy groups -OCH3 is 1. The summed E-state index contributed by atoms with van der Waals surface area (Å²) in [5.41, 5.74) is 1.14. The van der Waals surface area contributed by atoms with Crippen LogP contribution < -0.4 is 0 Å². The molecule has 4 nitrogen and oxygen atoms in total. The van der Waals surface area contributed by atoms with E-state index in [0.717, 1.165) is 5.56 Å². The maximum absolute atomic E-state index is 11.8. The number of ether oxygens (including phenoxy) is 1. The molecule has 0 bridgehead atoms. The number of esters is 1. The van der Waals surface area contributed by atoms with E-state index in [2.05, 4.69) is 24.3 Å². The molecule has 0 saturated carbocycles. The molecule has 0 aliphatic heterocycles. The summed E-state index contributed by atoms with van der Waals surface area (Å²) in [5.74, 6) is -0.403. The van der Waals surface area contributed by atoms with Crippen LogP contribution in [0.15, 0.2) is 42.5 Å². The predicted molar refractivity (Wildman–Crippen MR) is 82.9 cm³/mol. The van der Waals surface area contributed by atoms with Crippen molar-refractivity contribution in [3.8, 4) is 0 Å². The second-order valence-corrected chi connectivity index (χ2v) is 4.92. The van der Waals surface area contributed by atoms with E-state index in [1.54, 1.807) is 0 Å². The van der Waals surface area contributed by atoms with E-state index in [9.17, 15) is 9.90 Å². The van der Waals surface area contributed by atoms with Gasteiger partial charge in [0.25, 0.3) is 0 Å². The predicted octanol–water partition coefficient (Wildman–Crippen LogP) is 2.20. The molecule has 1 unspecified atom stereocenters. The Morgan fingerprint density at radius 1 is 1.24 bits per heavy atom. The van der Waals surface area contributed by atoms with Crippen molar-refractivity contribution in [2.45, 2.75) is 19.5 Å². The van der Waals surface area contributed by atoms with Gasteiger partial charge in [0.2, 0.25) is 0 Å². The maximum atomic E-state index is 11.8. The molecule has 0 aromatic heterocycles. The van der Waals surface area contributed by atoms with Crippen molar-refractivity contribution in [2.24, 2.45) is 0 Å². The van der Waals surface area contributed by atoms with Crippen LogP contribution in [0.4, 0.5) is 0 Å². The number of aliphatic hydroxyl groups is 1. The van der Waals surface area contributed by atoms with Gasteiger partial charge in [-0.05, 0) is 22.9 Å². The first-order valence-corrected chi connectivity index (χ1v) is 7.10. The number of carbonyl (C=O) groups is 1. The van der Waals surface area contributed by atoms with Gasteiger partial charge in [-0.1, -0.05) is 49.4 Å². The topological polar surface area (TPSA) is 49.8 Å². The third-order valence-electron chi connectivity index (χ3n) is 3.75. The van der Waals surface area contributed by atoms with Crippen LogP contribution in [-0.2, 0) is 16.1 Å². The van der Waals surface area contributed by atoms with Crippen molar-refractivity contribution >= 4 is 16.7 Å². The Balaban J connectivity index is 2.30. The SMILES string of the molecule is CCN(Cc1cccc2ccccc12)C(CO)C(=O)OC. The maximum Gasteiger partial charge on any atom is 0.325 e. The fraction of sp³-hybridized carbons (Fsp3) is 0.353. The van der Waals surface area contributed by atoms with Gasteiger partial charge in [-0.3, -0.25) is 9.69 Å². The number of rotatable bonds is 6. The molecule has 2 rings (SSSR count). The number of hydrogen-bond donors (Lipinski definition) is 1. The molecule has 0 aliphatic rings. The molecule has 1 atom stereocenters. The molecular weight excluding hydrogens is 266 g/mol. The first-order valence-electron chi connectivity index (χ1n) is 7.10. The molecule has 0 radical (unpaired) electrons. The third kappa shape index (κ3) is 3.40. The number of aliphatic hydroxyl groups excluding tert-OH is 1. The van der Waals surface area contributed by atoms with E-state index in [1.807, 2.05) is 30.0 Å². The minimum atomic E-state index is -0.626. The van der Waals surface area contributed by atoms with Gasteiger partial charge in [0.1, 0.15) is 6.04 Å². The van der Waals surface area contributed by atoms with Crippen LogP contribution in [0, 0.1) is 0 Å². The fourth-order valence-corrected chi connectivity index (χ4v) is 2.57. The Labute approximate surface area is 124 Å². The fourth-order valence-electron chi connectivity index (χ4n) is 2.57.